The summed E-state index contributed by atoms with van der Waals surface area (Å²) in [5.74, 6) is 0.725. The highest BCUT2D eigenvalue weighted by atomic mass is 32.1. The lowest BCUT2D eigenvalue weighted by Crippen LogP contribution is -2.38. The van der Waals surface area contributed by atoms with Gasteiger partial charge in [-0.15, -0.1) is 11.3 Å². The third kappa shape index (κ3) is 11.1. The maximum atomic E-state index is 11.6. The number of aryl methyl sites for hydroxylation is 1. The van der Waals surface area contributed by atoms with Gasteiger partial charge in [0.15, 0.2) is 5.96 Å². The smallest absolute Gasteiger partial charge is 0.306 e. The summed E-state index contributed by atoms with van der Waals surface area (Å²) in [6.07, 6.45) is 7.39. The Morgan fingerprint density at radius 3 is 2.50 bits per heavy atom. The molecule has 26 heavy (non-hydrogen) atoms. The van der Waals surface area contributed by atoms with Gasteiger partial charge in [-0.1, -0.05) is 12.8 Å². The van der Waals surface area contributed by atoms with Gasteiger partial charge in [0.25, 0.3) is 0 Å². The number of rotatable bonds is 10. The van der Waals surface area contributed by atoms with Gasteiger partial charge in [0, 0.05) is 44.1 Å². The Hall–Kier alpha value is -1.63. The molecule has 0 aliphatic carbocycles. The fraction of sp³-hybridized carbons (Fsp3) is 0.737. The molecule has 148 valence electrons. The standard InChI is InChI=1S/C19H34N4O2S/c1-15-14-23-16(26-15)11-13-22-18(20-5)21-12-9-7-6-8-10-17(24)25-19(2,3)4/h14H,6-13H2,1-5H3,(H2,20,21,22). The van der Waals surface area contributed by atoms with Crippen LogP contribution in [0.3, 0.4) is 0 Å². The van der Waals surface area contributed by atoms with Crippen molar-refractivity contribution in [2.45, 2.75) is 71.8 Å². The molecule has 0 unspecified atom stereocenters. The van der Waals surface area contributed by atoms with Crippen LogP contribution in [0.2, 0.25) is 0 Å². The zero-order valence-electron chi connectivity index (χ0n) is 16.9. The molecule has 6 nitrogen and oxygen atoms in total. The molecule has 1 heterocycles. The average molecular weight is 383 g/mol. The molecule has 0 atom stereocenters. The molecule has 2 N–H and O–H groups in total. The summed E-state index contributed by atoms with van der Waals surface area (Å²) >= 11 is 1.74. The van der Waals surface area contributed by atoms with Gasteiger partial charge in [-0.3, -0.25) is 9.79 Å². The molecule has 7 heteroatoms. The Bertz CT molecular complexity index is 564. The maximum absolute atomic E-state index is 11.6. The minimum absolute atomic E-state index is 0.101. The van der Waals surface area contributed by atoms with Crippen LogP contribution in [0.4, 0.5) is 0 Å². The normalized spacial score (nSPS) is 12.1. The third-order valence-corrected chi connectivity index (χ3v) is 4.52. The number of ether oxygens (including phenoxy) is 1. The monoisotopic (exact) mass is 382 g/mol. The molecule has 0 saturated carbocycles. The number of aliphatic imine (C=N–C) groups is 1. The van der Waals surface area contributed by atoms with E-state index in [9.17, 15) is 4.79 Å². The van der Waals surface area contributed by atoms with Crippen molar-refractivity contribution >= 4 is 23.3 Å². The van der Waals surface area contributed by atoms with E-state index >= 15 is 0 Å². The summed E-state index contributed by atoms with van der Waals surface area (Å²) in [5, 5.41) is 7.78. The molecule has 0 aromatic carbocycles. The largest absolute Gasteiger partial charge is 0.460 e. The van der Waals surface area contributed by atoms with E-state index in [-0.39, 0.29) is 11.6 Å². The Labute approximate surface area is 161 Å². The zero-order valence-corrected chi connectivity index (χ0v) is 17.7. The number of thiazole rings is 1. The average Bonchev–Trinajstić information content (AvgIpc) is 2.96. The summed E-state index contributed by atoms with van der Waals surface area (Å²) in [6.45, 7) is 9.47. The van der Waals surface area contributed by atoms with Crippen LogP contribution in [0.15, 0.2) is 11.2 Å². The van der Waals surface area contributed by atoms with Gasteiger partial charge in [-0.05, 0) is 40.5 Å². The van der Waals surface area contributed by atoms with Crippen LogP contribution in [0.1, 0.15) is 62.8 Å². The first-order chi connectivity index (χ1) is 12.3. The minimum Gasteiger partial charge on any atom is -0.460 e. The van der Waals surface area contributed by atoms with E-state index in [1.54, 1.807) is 18.4 Å². The van der Waals surface area contributed by atoms with Crippen LogP contribution in [0, 0.1) is 6.92 Å². The summed E-state index contributed by atoms with van der Waals surface area (Å²) in [4.78, 5) is 21.5. The Morgan fingerprint density at radius 1 is 1.19 bits per heavy atom. The highest BCUT2D eigenvalue weighted by Gasteiger charge is 2.15. The Kier molecular flexibility index (Phi) is 10.2. The van der Waals surface area contributed by atoms with Crippen molar-refractivity contribution in [1.82, 2.24) is 15.6 Å². The second-order valence-electron chi connectivity index (χ2n) is 7.29. The number of guanidine groups is 1. The first kappa shape index (κ1) is 22.4. The lowest BCUT2D eigenvalue weighted by molar-refractivity contribution is -0.154. The third-order valence-electron chi connectivity index (χ3n) is 3.54. The van der Waals surface area contributed by atoms with E-state index in [1.165, 1.54) is 4.88 Å². The number of hydrogen-bond donors (Lipinski definition) is 2. The second kappa shape index (κ2) is 11.9. The molecule has 0 spiro atoms. The van der Waals surface area contributed by atoms with Crippen molar-refractivity contribution in [1.29, 1.82) is 0 Å². The second-order valence-corrected chi connectivity index (χ2v) is 8.61. The first-order valence-electron chi connectivity index (χ1n) is 9.38. The fourth-order valence-corrected chi connectivity index (χ4v) is 3.16. The maximum Gasteiger partial charge on any atom is 0.306 e. The Morgan fingerprint density at radius 2 is 1.88 bits per heavy atom. The van der Waals surface area contributed by atoms with Crippen molar-refractivity contribution in [3.63, 3.8) is 0 Å². The van der Waals surface area contributed by atoms with E-state index in [0.29, 0.717) is 6.42 Å². The highest BCUT2D eigenvalue weighted by molar-refractivity contribution is 7.11. The molecular formula is C19H34N4O2S. The molecule has 0 aliphatic heterocycles. The predicted molar refractivity (Wildman–Crippen MR) is 109 cm³/mol. The lowest BCUT2D eigenvalue weighted by Gasteiger charge is -2.19. The summed E-state index contributed by atoms with van der Waals surface area (Å²) in [5.41, 5.74) is -0.387. The van der Waals surface area contributed by atoms with Gasteiger partial charge in [0.1, 0.15) is 5.60 Å². The number of aromatic nitrogens is 1. The van der Waals surface area contributed by atoms with Gasteiger partial charge in [-0.2, -0.15) is 0 Å². The summed E-state index contributed by atoms with van der Waals surface area (Å²) < 4.78 is 5.30. The van der Waals surface area contributed by atoms with E-state index < -0.39 is 0 Å². The van der Waals surface area contributed by atoms with Gasteiger partial charge in [0.05, 0.1) is 5.01 Å². The molecule has 0 amide bonds. The number of nitrogens with zero attached hydrogens (tertiary/aromatic N) is 2. The number of nitrogens with one attached hydrogen (secondary N) is 2. The van der Waals surface area contributed by atoms with Crippen molar-refractivity contribution in [2.75, 3.05) is 20.1 Å². The zero-order chi connectivity index (χ0) is 19.4. The van der Waals surface area contributed by atoms with Gasteiger partial charge < -0.3 is 15.4 Å². The molecule has 1 aromatic rings. The van der Waals surface area contributed by atoms with Gasteiger partial charge >= 0.3 is 5.97 Å². The van der Waals surface area contributed by atoms with Crippen LogP contribution in [0.25, 0.3) is 0 Å². The summed E-state index contributed by atoms with van der Waals surface area (Å²) in [7, 11) is 1.78. The lowest BCUT2D eigenvalue weighted by atomic mass is 10.1. The first-order valence-corrected chi connectivity index (χ1v) is 10.2. The van der Waals surface area contributed by atoms with E-state index in [4.69, 9.17) is 4.74 Å². The molecule has 0 radical (unpaired) electrons. The van der Waals surface area contributed by atoms with E-state index in [2.05, 4.69) is 27.5 Å². The molecule has 0 bridgehead atoms. The minimum atomic E-state index is -0.387. The number of hydrogen-bond acceptors (Lipinski definition) is 5. The van der Waals surface area contributed by atoms with Crippen LogP contribution in [-0.2, 0) is 16.0 Å². The number of unbranched alkanes of at least 4 members (excludes halogenated alkanes) is 3. The van der Waals surface area contributed by atoms with E-state index in [1.807, 2.05) is 27.0 Å². The van der Waals surface area contributed by atoms with Crippen molar-refractivity contribution in [2.24, 2.45) is 4.99 Å². The highest BCUT2D eigenvalue weighted by Crippen LogP contribution is 2.11. The molecule has 1 aromatic heterocycles. The van der Waals surface area contributed by atoms with E-state index in [0.717, 1.165) is 56.2 Å². The molecular weight excluding hydrogens is 348 g/mol. The number of carbonyl (C=O) groups excluding carboxylic acids is 1. The van der Waals surface area contributed by atoms with Crippen LogP contribution < -0.4 is 10.6 Å². The SMILES string of the molecule is CN=C(NCCCCCCC(=O)OC(C)(C)C)NCCc1ncc(C)s1. The molecule has 0 fully saturated rings. The summed E-state index contributed by atoms with van der Waals surface area (Å²) in [6, 6.07) is 0. The predicted octanol–water partition coefficient (Wildman–Crippen LogP) is 3.45. The van der Waals surface area contributed by atoms with Crippen molar-refractivity contribution < 1.29 is 9.53 Å². The van der Waals surface area contributed by atoms with Crippen LogP contribution >= 0.6 is 11.3 Å². The Balaban J connectivity index is 2.02. The molecule has 0 saturated heterocycles. The fourth-order valence-electron chi connectivity index (χ4n) is 2.37. The van der Waals surface area contributed by atoms with Crippen LogP contribution in [0.5, 0.6) is 0 Å². The molecule has 1 rings (SSSR count). The van der Waals surface area contributed by atoms with Gasteiger partial charge in [0.2, 0.25) is 0 Å². The van der Waals surface area contributed by atoms with Crippen LogP contribution in [-0.4, -0.2) is 42.7 Å². The van der Waals surface area contributed by atoms with Crippen molar-refractivity contribution in [3.05, 3.63) is 16.1 Å². The molecule has 0 aliphatic rings. The van der Waals surface area contributed by atoms with Crippen molar-refractivity contribution in [3.8, 4) is 0 Å². The number of esters is 1. The number of carbonyl (C=O) groups is 1. The van der Waals surface area contributed by atoms with Gasteiger partial charge in [-0.25, -0.2) is 4.98 Å². The topological polar surface area (TPSA) is 75.6 Å². The quantitative estimate of drug-likeness (QED) is 0.281.